The van der Waals surface area contributed by atoms with E-state index in [-0.39, 0.29) is 23.3 Å². The molecule has 0 aromatic carbocycles. The lowest BCUT2D eigenvalue weighted by molar-refractivity contribution is -0.119. The van der Waals surface area contributed by atoms with Gasteiger partial charge in [0.25, 0.3) is 5.91 Å². The third kappa shape index (κ3) is 2.73. The van der Waals surface area contributed by atoms with Crippen molar-refractivity contribution in [2.45, 2.75) is 18.9 Å². The quantitative estimate of drug-likeness (QED) is 0.694. The fourth-order valence-electron chi connectivity index (χ4n) is 1.77. The van der Waals surface area contributed by atoms with Crippen molar-refractivity contribution in [1.82, 2.24) is 15.6 Å². The Balaban J connectivity index is 1.95. The van der Waals surface area contributed by atoms with Crippen molar-refractivity contribution in [2.24, 2.45) is 0 Å². The van der Waals surface area contributed by atoms with Gasteiger partial charge in [-0.15, -0.1) is 0 Å². The van der Waals surface area contributed by atoms with E-state index >= 15 is 0 Å². The highest BCUT2D eigenvalue weighted by molar-refractivity contribution is 5.98. The van der Waals surface area contributed by atoms with Crippen molar-refractivity contribution >= 4 is 17.6 Å². The number of nitrogens with zero attached hydrogens (tertiary/aromatic N) is 1. The van der Waals surface area contributed by atoms with E-state index in [4.69, 9.17) is 5.73 Å². The number of halogens is 1. The van der Waals surface area contributed by atoms with Gasteiger partial charge in [0.05, 0.1) is 11.8 Å². The van der Waals surface area contributed by atoms with Crippen molar-refractivity contribution in [3.63, 3.8) is 0 Å². The zero-order valence-electron chi connectivity index (χ0n) is 9.57. The molecule has 18 heavy (non-hydrogen) atoms. The lowest BCUT2D eigenvalue weighted by Crippen LogP contribution is -2.38. The van der Waals surface area contributed by atoms with E-state index < -0.39 is 11.7 Å². The Hall–Kier alpha value is -2.18. The predicted octanol–water partition coefficient (Wildman–Crippen LogP) is -0.189. The van der Waals surface area contributed by atoms with Gasteiger partial charge in [0, 0.05) is 19.0 Å². The summed E-state index contributed by atoms with van der Waals surface area (Å²) in [7, 11) is 0. The molecule has 2 rings (SSSR count). The van der Waals surface area contributed by atoms with Crippen LogP contribution in [0.3, 0.4) is 0 Å². The van der Waals surface area contributed by atoms with Gasteiger partial charge < -0.3 is 16.4 Å². The summed E-state index contributed by atoms with van der Waals surface area (Å²) < 4.78 is 12.9. The molecular weight excluding hydrogens is 239 g/mol. The van der Waals surface area contributed by atoms with Crippen molar-refractivity contribution in [3.05, 3.63) is 23.6 Å². The second kappa shape index (κ2) is 4.99. The average molecular weight is 252 g/mol. The highest BCUT2D eigenvalue weighted by Crippen LogP contribution is 2.10. The van der Waals surface area contributed by atoms with Crippen molar-refractivity contribution in [3.8, 4) is 0 Å². The van der Waals surface area contributed by atoms with Crippen LogP contribution >= 0.6 is 0 Å². The maximum absolute atomic E-state index is 12.9. The molecule has 1 aliphatic heterocycles. The zero-order chi connectivity index (χ0) is 13.1. The van der Waals surface area contributed by atoms with E-state index in [0.29, 0.717) is 19.4 Å². The lowest BCUT2D eigenvalue weighted by atomic mass is 10.2. The van der Waals surface area contributed by atoms with E-state index in [1.807, 2.05) is 0 Å². The summed E-state index contributed by atoms with van der Waals surface area (Å²) >= 11 is 0. The van der Waals surface area contributed by atoms with Gasteiger partial charge in [-0.2, -0.15) is 0 Å². The molecule has 7 heteroatoms. The Labute approximate surface area is 103 Å². The minimum atomic E-state index is -0.622. The number of nitrogens with two attached hydrogens (primary N) is 1. The number of amides is 2. The molecule has 2 amide bonds. The summed E-state index contributed by atoms with van der Waals surface area (Å²) in [6.07, 6.45) is 2.09. The molecule has 96 valence electrons. The van der Waals surface area contributed by atoms with E-state index in [0.717, 1.165) is 12.3 Å². The maximum atomic E-state index is 12.9. The number of carbonyl (C=O) groups is 2. The molecule has 0 spiro atoms. The average Bonchev–Trinajstić information content (AvgIpc) is 2.75. The number of aromatic nitrogens is 1. The molecule has 0 bridgehead atoms. The Morgan fingerprint density at radius 2 is 2.44 bits per heavy atom. The first-order chi connectivity index (χ1) is 8.56. The highest BCUT2D eigenvalue weighted by Gasteiger charge is 2.21. The first-order valence-corrected chi connectivity index (χ1v) is 5.55. The Bertz CT molecular complexity index is 492. The number of hydrogen-bond acceptors (Lipinski definition) is 4. The van der Waals surface area contributed by atoms with Crippen LogP contribution in [-0.4, -0.2) is 29.4 Å². The summed E-state index contributed by atoms with van der Waals surface area (Å²) in [5.41, 5.74) is 5.49. The maximum Gasteiger partial charge on any atom is 0.255 e. The molecule has 0 saturated carbocycles. The van der Waals surface area contributed by atoms with Crippen molar-refractivity contribution in [1.29, 1.82) is 0 Å². The topological polar surface area (TPSA) is 97.1 Å². The molecule has 0 radical (unpaired) electrons. The molecular formula is C11H13FN4O2. The number of hydrogen-bond donors (Lipinski definition) is 3. The summed E-state index contributed by atoms with van der Waals surface area (Å²) in [6, 6.07) is 0.953. The van der Waals surface area contributed by atoms with Gasteiger partial charge >= 0.3 is 0 Å². The van der Waals surface area contributed by atoms with Crippen LogP contribution in [0.5, 0.6) is 0 Å². The largest absolute Gasteiger partial charge is 0.383 e. The molecule has 2 heterocycles. The first kappa shape index (κ1) is 12.3. The Morgan fingerprint density at radius 1 is 1.67 bits per heavy atom. The standard InChI is InChI=1S/C11H13FN4O2/c12-6-3-8(10(13)14-4-6)11(18)15-5-7-1-2-9(17)16-7/h3-4,7H,1-2,5H2,(H2,13,14)(H,15,18)(H,16,17). The van der Waals surface area contributed by atoms with Gasteiger partial charge in [-0.1, -0.05) is 0 Å². The van der Waals surface area contributed by atoms with Crippen LogP contribution in [0.2, 0.25) is 0 Å². The molecule has 0 aliphatic carbocycles. The predicted molar refractivity (Wildman–Crippen MR) is 62.1 cm³/mol. The SMILES string of the molecule is Nc1ncc(F)cc1C(=O)NCC1CCC(=O)N1. The van der Waals surface area contributed by atoms with Crippen molar-refractivity contribution in [2.75, 3.05) is 12.3 Å². The minimum Gasteiger partial charge on any atom is -0.383 e. The molecule has 1 aliphatic rings. The molecule has 1 saturated heterocycles. The number of rotatable bonds is 3. The van der Waals surface area contributed by atoms with Crippen molar-refractivity contribution < 1.29 is 14.0 Å². The molecule has 1 aromatic heterocycles. The van der Waals surface area contributed by atoms with E-state index in [2.05, 4.69) is 15.6 Å². The fraction of sp³-hybridized carbons (Fsp3) is 0.364. The van der Waals surface area contributed by atoms with E-state index in [9.17, 15) is 14.0 Å². The van der Waals surface area contributed by atoms with Gasteiger partial charge in [0.15, 0.2) is 0 Å². The second-order valence-corrected chi connectivity index (χ2v) is 4.10. The van der Waals surface area contributed by atoms with Crippen LogP contribution in [0.4, 0.5) is 10.2 Å². The monoisotopic (exact) mass is 252 g/mol. The minimum absolute atomic E-state index is 0.000626. The Kier molecular flexibility index (Phi) is 3.40. The van der Waals surface area contributed by atoms with Crippen LogP contribution in [0.15, 0.2) is 12.3 Å². The smallest absolute Gasteiger partial charge is 0.255 e. The zero-order valence-corrected chi connectivity index (χ0v) is 9.57. The molecule has 1 fully saturated rings. The van der Waals surface area contributed by atoms with Gasteiger partial charge in [-0.3, -0.25) is 9.59 Å². The molecule has 1 unspecified atom stereocenters. The number of pyridine rings is 1. The van der Waals surface area contributed by atoms with Gasteiger partial charge in [-0.05, 0) is 12.5 Å². The van der Waals surface area contributed by atoms with Crippen LogP contribution in [-0.2, 0) is 4.79 Å². The van der Waals surface area contributed by atoms with E-state index in [1.54, 1.807) is 0 Å². The van der Waals surface area contributed by atoms with Gasteiger partial charge in [-0.25, -0.2) is 9.37 Å². The van der Waals surface area contributed by atoms with Crippen LogP contribution < -0.4 is 16.4 Å². The third-order valence-corrected chi connectivity index (χ3v) is 2.72. The van der Waals surface area contributed by atoms with Crippen LogP contribution in [0, 0.1) is 5.82 Å². The summed E-state index contributed by atoms with van der Waals surface area (Å²) in [5, 5.41) is 5.30. The molecule has 4 N–H and O–H groups in total. The number of carbonyl (C=O) groups excluding carboxylic acids is 2. The van der Waals surface area contributed by atoms with Crippen LogP contribution in [0.25, 0.3) is 0 Å². The second-order valence-electron chi connectivity index (χ2n) is 4.10. The molecule has 1 aromatic rings. The third-order valence-electron chi connectivity index (χ3n) is 2.72. The normalized spacial score (nSPS) is 18.5. The summed E-state index contributed by atoms with van der Waals surface area (Å²) in [6.45, 7) is 0.292. The first-order valence-electron chi connectivity index (χ1n) is 5.55. The van der Waals surface area contributed by atoms with Gasteiger partial charge in [0.1, 0.15) is 11.6 Å². The van der Waals surface area contributed by atoms with E-state index in [1.165, 1.54) is 0 Å². The highest BCUT2D eigenvalue weighted by atomic mass is 19.1. The van der Waals surface area contributed by atoms with Crippen LogP contribution in [0.1, 0.15) is 23.2 Å². The van der Waals surface area contributed by atoms with Gasteiger partial charge in [0.2, 0.25) is 5.91 Å². The number of nitrogens with one attached hydrogen (secondary N) is 2. The fourth-order valence-corrected chi connectivity index (χ4v) is 1.77. The lowest BCUT2D eigenvalue weighted by Gasteiger charge is -2.11. The number of nitrogen functional groups attached to an aromatic ring is 1. The molecule has 1 atom stereocenters. The number of anilines is 1. The summed E-state index contributed by atoms with van der Waals surface area (Å²) in [5.74, 6) is -1.17. The Morgan fingerprint density at radius 3 is 3.11 bits per heavy atom. The molecule has 6 nitrogen and oxygen atoms in total. The summed E-state index contributed by atoms with van der Waals surface area (Å²) in [4.78, 5) is 26.3.